The Bertz CT molecular complexity index is 992. The molecule has 0 bridgehead atoms. The number of nitrogens with one attached hydrogen (secondary N) is 1. The van der Waals surface area contributed by atoms with Crippen LogP contribution in [-0.2, 0) is 11.3 Å². The molecular weight excluding hydrogens is 489 g/mol. The Morgan fingerprint density at radius 3 is 2.54 bits per heavy atom. The molecule has 3 N–H and O–H groups in total. The van der Waals surface area contributed by atoms with Crippen LogP contribution in [0.3, 0.4) is 0 Å². The number of nitrogens with zero attached hydrogens (tertiary/aromatic N) is 3. The molecule has 1 saturated heterocycles. The summed E-state index contributed by atoms with van der Waals surface area (Å²) in [4.78, 5) is 20.8. The minimum atomic E-state index is -0.550. The molecule has 10 heteroatoms. The molecule has 0 atom stereocenters. The van der Waals surface area contributed by atoms with Crippen molar-refractivity contribution in [2.24, 2.45) is 0 Å². The molecule has 1 aromatic heterocycles. The molecule has 192 valence electrons. The molecule has 1 fully saturated rings. The second kappa shape index (κ2) is 12.5. The topological polar surface area (TPSA) is 93.0 Å². The van der Waals surface area contributed by atoms with Gasteiger partial charge in [-0.3, -0.25) is 4.90 Å². The lowest BCUT2D eigenvalue weighted by Crippen LogP contribution is -2.46. The molecule has 1 aliphatic heterocycles. The second-order valence-corrected chi connectivity index (χ2v) is 10.3. The number of ether oxygens (including phenoxy) is 2. The quantitative estimate of drug-likeness (QED) is 0.447. The van der Waals surface area contributed by atoms with Gasteiger partial charge < -0.3 is 25.4 Å². The number of nitrogens with two attached hydrogens (primary N) is 1. The van der Waals surface area contributed by atoms with Gasteiger partial charge in [-0.15, -0.1) is 0 Å². The average Bonchev–Trinajstić information content (AvgIpc) is 2.79. The molecule has 2 aromatic rings. The molecule has 8 nitrogen and oxygen atoms in total. The number of aromatic nitrogens is 1. The Labute approximate surface area is 217 Å². The SMILES string of the molecule is CC(C)(C)OC(=O)NCc1ccc(OCCCCN2CCN(c3cccc(Cl)c3Cl)CC2)nc1N. The van der Waals surface area contributed by atoms with E-state index in [0.29, 0.717) is 33.9 Å². The summed E-state index contributed by atoms with van der Waals surface area (Å²) < 4.78 is 11.0. The number of nitrogen functional groups attached to an aromatic ring is 1. The Morgan fingerprint density at radius 1 is 1.11 bits per heavy atom. The van der Waals surface area contributed by atoms with Crippen LogP contribution in [0.4, 0.5) is 16.3 Å². The van der Waals surface area contributed by atoms with E-state index in [1.165, 1.54) is 0 Å². The van der Waals surface area contributed by atoms with Crippen LogP contribution in [0.5, 0.6) is 5.88 Å². The zero-order chi connectivity index (χ0) is 25.4. The highest BCUT2D eigenvalue weighted by atomic mass is 35.5. The molecule has 35 heavy (non-hydrogen) atoms. The number of hydrogen-bond acceptors (Lipinski definition) is 7. The zero-order valence-corrected chi connectivity index (χ0v) is 22.2. The summed E-state index contributed by atoms with van der Waals surface area (Å²) in [6.45, 7) is 11.1. The van der Waals surface area contributed by atoms with Crippen molar-refractivity contribution in [1.29, 1.82) is 0 Å². The van der Waals surface area contributed by atoms with Crippen molar-refractivity contribution in [3.63, 3.8) is 0 Å². The maximum Gasteiger partial charge on any atom is 0.407 e. The summed E-state index contributed by atoms with van der Waals surface area (Å²) in [6.07, 6.45) is 1.46. The second-order valence-electron chi connectivity index (χ2n) is 9.51. The number of carbonyl (C=O) groups is 1. The first-order valence-corrected chi connectivity index (χ1v) is 12.6. The van der Waals surface area contributed by atoms with Crippen molar-refractivity contribution >= 4 is 40.8 Å². The lowest BCUT2D eigenvalue weighted by molar-refractivity contribution is 0.0523. The maximum atomic E-state index is 11.8. The van der Waals surface area contributed by atoms with Gasteiger partial charge in [0.05, 0.1) is 22.3 Å². The number of piperazine rings is 1. The van der Waals surface area contributed by atoms with Crippen molar-refractivity contribution in [2.75, 3.05) is 50.0 Å². The summed E-state index contributed by atoms with van der Waals surface area (Å²) >= 11 is 12.5. The van der Waals surface area contributed by atoms with Gasteiger partial charge in [-0.25, -0.2) is 4.79 Å². The highest BCUT2D eigenvalue weighted by Gasteiger charge is 2.19. The number of alkyl carbamates (subject to hydrolysis) is 1. The molecule has 0 radical (unpaired) electrons. The summed E-state index contributed by atoms with van der Waals surface area (Å²) in [5, 5.41) is 3.90. The number of anilines is 2. The number of benzene rings is 1. The van der Waals surface area contributed by atoms with Gasteiger partial charge in [0.25, 0.3) is 0 Å². The van der Waals surface area contributed by atoms with Crippen molar-refractivity contribution in [1.82, 2.24) is 15.2 Å². The monoisotopic (exact) mass is 523 g/mol. The third kappa shape index (κ3) is 8.63. The van der Waals surface area contributed by atoms with Crippen molar-refractivity contribution < 1.29 is 14.3 Å². The highest BCUT2D eigenvalue weighted by Crippen LogP contribution is 2.32. The molecule has 1 aliphatic rings. The molecular formula is C25H35Cl2N5O3. The molecule has 1 amide bonds. The minimum Gasteiger partial charge on any atom is -0.478 e. The Morgan fingerprint density at radius 2 is 1.86 bits per heavy atom. The van der Waals surface area contributed by atoms with Crippen LogP contribution in [0.15, 0.2) is 30.3 Å². The maximum absolute atomic E-state index is 11.8. The van der Waals surface area contributed by atoms with Gasteiger partial charge in [-0.05, 0) is 58.4 Å². The first-order chi connectivity index (χ1) is 16.6. The van der Waals surface area contributed by atoms with E-state index in [0.717, 1.165) is 51.3 Å². The van der Waals surface area contributed by atoms with Gasteiger partial charge in [-0.1, -0.05) is 29.3 Å². The van der Waals surface area contributed by atoms with Crippen LogP contribution in [0, 0.1) is 0 Å². The molecule has 0 unspecified atom stereocenters. The predicted molar refractivity (Wildman–Crippen MR) is 142 cm³/mol. The van der Waals surface area contributed by atoms with Crippen LogP contribution in [0.25, 0.3) is 0 Å². The van der Waals surface area contributed by atoms with Gasteiger partial charge in [0.2, 0.25) is 5.88 Å². The third-order valence-electron chi connectivity index (χ3n) is 5.57. The summed E-state index contributed by atoms with van der Waals surface area (Å²) in [5.74, 6) is 0.812. The van der Waals surface area contributed by atoms with Gasteiger partial charge in [0, 0.05) is 44.4 Å². The van der Waals surface area contributed by atoms with E-state index in [1.807, 2.05) is 39.0 Å². The van der Waals surface area contributed by atoms with E-state index < -0.39 is 11.7 Å². The van der Waals surface area contributed by atoms with Crippen molar-refractivity contribution in [3.8, 4) is 5.88 Å². The molecule has 3 rings (SSSR count). The number of hydrogen-bond donors (Lipinski definition) is 2. The fourth-order valence-electron chi connectivity index (χ4n) is 3.76. The summed E-state index contributed by atoms with van der Waals surface area (Å²) in [7, 11) is 0. The van der Waals surface area contributed by atoms with Crippen LogP contribution in [0.1, 0.15) is 39.2 Å². The fraction of sp³-hybridized carbons (Fsp3) is 0.520. The van der Waals surface area contributed by atoms with Gasteiger partial charge in [0.1, 0.15) is 11.4 Å². The van der Waals surface area contributed by atoms with Crippen LogP contribution >= 0.6 is 23.2 Å². The van der Waals surface area contributed by atoms with E-state index in [9.17, 15) is 4.79 Å². The lowest BCUT2D eigenvalue weighted by atomic mass is 10.2. The Balaban J connectivity index is 1.32. The number of rotatable bonds is 9. The highest BCUT2D eigenvalue weighted by molar-refractivity contribution is 6.43. The van der Waals surface area contributed by atoms with E-state index in [4.69, 9.17) is 38.4 Å². The first-order valence-electron chi connectivity index (χ1n) is 11.9. The van der Waals surface area contributed by atoms with Crippen molar-refractivity contribution in [2.45, 2.75) is 45.8 Å². The van der Waals surface area contributed by atoms with Gasteiger partial charge in [0.15, 0.2) is 0 Å². The van der Waals surface area contributed by atoms with Crippen LogP contribution in [-0.4, -0.2) is 60.9 Å². The largest absolute Gasteiger partial charge is 0.478 e. The van der Waals surface area contributed by atoms with Gasteiger partial charge >= 0.3 is 6.09 Å². The zero-order valence-electron chi connectivity index (χ0n) is 20.7. The lowest BCUT2D eigenvalue weighted by Gasteiger charge is -2.36. The number of amides is 1. The number of pyridine rings is 1. The fourth-order valence-corrected chi connectivity index (χ4v) is 4.17. The normalized spacial score (nSPS) is 14.6. The summed E-state index contributed by atoms with van der Waals surface area (Å²) in [6, 6.07) is 9.34. The van der Waals surface area contributed by atoms with E-state index in [-0.39, 0.29) is 6.54 Å². The first kappa shape index (κ1) is 27.2. The molecule has 1 aromatic carbocycles. The predicted octanol–water partition coefficient (Wildman–Crippen LogP) is 4.98. The Hall–Kier alpha value is -2.42. The molecule has 0 saturated carbocycles. The van der Waals surface area contributed by atoms with Crippen LogP contribution in [0.2, 0.25) is 10.0 Å². The van der Waals surface area contributed by atoms with E-state index in [1.54, 1.807) is 12.1 Å². The number of halogens is 2. The van der Waals surface area contributed by atoms with Crippen molar-refractivity contribution in [3.05, 3.63) is 45.9 Å². The van der Waals surface area contributed by atoms with Crippen LogP contribution < -0.4 is 20.7 Å². The third-order valence-corrected chi connectivity index (χ3v) is 6.38. The Kier molecular flexibility index (Phi) is 9.71. The van der Waals surface area contributed by atoms with Gasteiger partial charge in [-0.2, -0.15) is 4.98 Å². The smallest absolute Gasteiger partial charge is 0.407 e. The molecule has 0 aliphatic carbocycles. The molecule has 0 spiro atoms. The minimum absolute atomic E-state index is 0.241. The standard InChI is InChI=1S/C25H35Cl2N5O3/c1-25(2,3)35-24(33)29-17-18-9-10-21(30-23(18)28)34-16-5-4-11-31-12-14-32(15-13-31)20-8-6-7-19(26)22(20)27/h6-10H,4-5,11-17H2,1-3H3,(H2,28,30)(H,29,33). The number of carbonyl (C=O) groups excluding carboxylic acids is 1. The molecule has 2 heterocycles. The van der Waals surface area contributed by atoms with E-state index in [2.05, 4.69) is 20.1 Å². The summed E-state index contributed by atoms with van der Waals surface area (Å²) in [5.41, 5.74) is 7.19. The average molecular weight is 524 g/mol. The number of unbranched alkanes of at least 4 members (excludes halogenated alkanes) is 1. The van der Waals surface area contributed by atoms with E-state index >= 15 is 0 Å².